The van der Waals surface area contributed by atoms with E-state index in [-0.39, 0.29) is 19.0 Å². The monoisotopic (exact) mass is 388 g/mol. The Morgan fingerprint density at radius 2 is 2.08 bits per heavy atom. The lowest BCUT2D eigenvalue weighted by Gasteiger charge is -2.08. The van der Waals surface area contributed by atoms with Gasteiger partial charge >= 0.3 is 0 Å². The average molecular weight is 389 g/mol. The number of carbonyl (C=O) groups is 1. The van der Waals surface area contributed by atoms with E-state index in [1.165, 1.54) is 17.4 Å². The highest BCUT2D eigenvalue weighted by molar-refractivity contribution is 7.13. The van der Waals surface area contributed by atoms with Crippen LogP contribution in [0.3, 0.4) is 0 Å². The van der Waals surface area contributed by atoms with Crippen LogP contribution in [-0.4, -0.2) is 17.7 Å². The van der Waals surface area contributed by atoms with Crippen molar-refractivity contribution in [3.63, 3.8) is 0 Å². The van der Waals surface area contributed by atoms with Crippen molar-refractivity contribution < 1.29 is 19.0 Å². The van der Waals surface area contributed by atoms with Crippen LogP contribution < -0.4 is 19.9 Å². The summed E-state index contributed by atoms with van der Waals surface area (Å²) in [7, 11) is 0. The van der Waals surface area contributed by atoms with Gasteiger partial charge in [-0.2, -0.15) is 0 Å². The predicted molar refractivity (Wildman–Crippen MR) is 98.0 cm³/mol. The number of fused-ring (bicyclic) bond motifs is 1. The van der Waals surface area contributed by atoms with Crippen LogP contribution in [0.2, 0.25) is 5.02 Å². The van der Waals surface area contributed by atoms with Crippen molar-refractivity contribution in [3.05, 3.63) is 58.1 Å². The zero-order valence-electron chi connectivity index (χ0n) is 13.4. The molecule has 0 unspecified atom stereocenters. The lowest BCUT2D eigenvalue weighted by atomic mass is 10.2. The SMILES string of the molecule is NC(=O)c1cc(Cl)ccc1OCc1csc(-c2ccc3c(c2)OCO3)n1. The number of nitrogens with zero attached hydrogens (tertiary/aromatic N) is 1. The van der Waals surface area contributed by atoms with Crippen molar-refractivity contribution in [3.8, 4) is 27.8 Å². The number of amides is 1. The number of hydrogen-bond acceptors (Lipinski definition) is 6. The molecule has 1 aromatic heterocycles. The molecule has 0 aliphatic carbocycles. The summed E-state index contributed by atoms with van der Waals surface area (Å²) in [6, 6.07) is 10.4. The minimum absolute atomic E-state index is 0.211. The highest BCUT2D eigenvalue weighted by Gasteiger charge is 2.16. The second-order valence-electron chi connectivity index (χ2n) is 5.51. The zero-order chi connectivity index (χ0) is 18.1. The zero-order valence-corrected chi connectivity index (χ0v) is 15.0. The van der Waals surface area contributed by atoms with Gasteiger partial charge in [-0.05, 0) is 36.4 Å². The Bertz CT molecular complexity index is 989. The van der Waals surface area contributed by atoms with E-state index in [1.807, 2.05) is 23.6 Å². The molecular formula is C18H13ClN2O4S. The van der Waals surface area contributed by atoms with E-state index in [4.69, 9.17) is 31.5 Å². The summed E-state index contributed by atoms with van der Waals surface area (Å²) in [6.45, 7) is 0.446. The molecule has 132 valence electrons. The second-order valence-corrected chi connectivity index (χ2v) is 6.80. The largest absolute Gasteiger partial charge is 0.486 e. The van der Waals surface area contributed by atoms with E-state index in [1.54, 1.807) is 12.1 Å². The number of carbonyl (C=O) groups excluding carboxylic acids is 1. The minimum atomic E-state index is -0.596. The highest BCUT2D eigenvalue weighted by Crippen LogP contribution is 2.36. The molecular weight excluding hydrogens is 376 g/mol. The summed E-state index contributed by atoms with van der Waals surface area (Å²) in [5.74, 6) is 1.22. The molecule has 0 saturated heterocycles. The molecule has 4 rings (SSSR count). The van der Waals surface area contributed by atoms with E-state index < -0.39 is 5.91 Å². The van der Waals surface area contributed by atoms with Gasteiger partial charge in [-0.1, -0.05) is 11.6 Å². The molecule has 0 saturated carbocycles. The fourth-order valence-corrected chi connectivity index (χ4v) is 3.48. The lowest BCUT2D eigenvalue weighted by Crippen LogP contribution is -2.13. The standard InChI is InChI=1S/C18H13ClN2O4S/c19-11-2-4-14(13(6-11)17(20)22)23-7-12-8-26-18(21-12)10-1-3-15-16(5-10)25-9-24-15/h1-6,8H,7,9H2,(H2,20,22). The van der Waals surface area contributed by atoms with Crippen molar-refractivity contribution in [2.45, 2.75) is 6.61 Å². The normalized spacial score (nSPS) is 12.2. The molecule has 2 N–H and O–H groups in total. The van der Waals surface area contributed by atoms with Gasteiger partial charge in [0.25, 0.3) is 5.91 Å². The van der Waals surface area contributed by atoms with Crippen LogP contribution in [0, 0.1) is 0 Å². The average Bonchev–Trinajstić information content (AvgIpc) is 3.29. The maximum Gasteiger partial charge on any atom is 0.252 e. The second kappa shape index (κ2) is 6.86. The minimum Gasteiger partial charge on any atom is -0.486 e. The molecule has 0 radical (unpaired) electrons. The quantitative estimate of drug-likeness (QED) is 0.717. The first-order valence-corrected chi connectivity index (χ1v) is 8.92. The number of benzene rings is 2. The number of hydrogen-bond donors (Lipinski definition) is 1. The fourth-order valence-electron chi connectivity index (χ4n) is 2.51. The summed E-state index contributed by atoms with van der Waals surface area (Å²) in [4.78, 5) is 16.1. The molecule has 2 heterocycles. The maximum absolute atomic E-state index is 11.5. The summed E-state index contributed by atoms with van der Waals surface area (Å²) in [5.41, 5.74) is 7.29. The molecule has 0 fully saturated rings. The number of rotatable bonds is 5. The van der Waals surface area contributed by atoms with Gasteiger partial charge in [0.15, 0.2) is 11.5 Å². The van der Waals surface area contributed by atoms with Gasteiger partial charge in [0.05, 0.1) is 11.3 Å². The van der Waals surface area contributed by atoms with E-state index in [9.17, 15) is 4.79 Å². The Balaban J connectivity index is 1.50. The molecule has 1 aliphatic heterocycles. The third-order valence-electron chi connectivity index (χ3n) is 3.75. The fraction of sp³-hybridized carbons (Fsp3) is 0.111. The van der Waals surface area contributed by atoms with Crippen LogP contribution in [0.25, 0.3) is 10.6 Å². The Morgan fingerprint density at radius 1 is 1.23 bits per heavy atom. The topological polar surface area (TPSA) is 83.7 Å². The third kappa shape index (κ3) is 3.31. The molecule has 0 spiro atoms. The lowest BCUT2D eigenvalue weighted by molar-refractivity contribution is 0.0996. The van der Waals surface area contributed by atoms with Gasteiger partial charge in [-0.3, -0.25) is 4.79 Å². The summed E-state index contributed by atoms with van der Waals surface area (Å²) >= 11 is 7.39. The maximum atomic E-state index is 11.5. The van der Waals surface area contributed by atoms with E-state index in [0.29, 0.717) is 16.5 Å². The van der Waals surface area contributed by atoms with Gasteiger partial charge in [0.2, 0.25) is 6.79 Å². The van der Waals surface area contributed by atoms with Crippen LogP contribution in [0.4, 0.5) is 0 Å². The number of nitrogens with two attached hydrogens (primary N) is 1. The number of thiazole rings is 1. The Kier molecular flexibility index (Phi) is 4.40. The summed E-state index contributed by atoms with van der Waals surface area (Å²) < 4.78 is 16.4. The number of ether oxygens (including phenoxy) is 3. The molecule has 6 nitrogen and oxygen atoms in total. The van der Waals surface area contributed by atoms with Gasteiger partial charge in [-0.15, -0.1) is 11.3 Å². The van der Waals surface area contributed by atoms with Crippen LogP contribution in [0.15, 0.2) is 41.8 Å². The smallest absolute Gasteiger partial charge is 0.252 e. The molecule has 26 heavy (non-hydrogen) atoms. The van der Waals surface area contributed by atoms with E-state index in [0.717, 1.165) is 22.0 Å². The summed E-state index contributed by atoms with van der Waals surface area (Å²) in [6.07, 6.45) is 0. The Morgan fingerprint density at radius 3 is 2.92 bits per heavy atom. The van der Waals surface area contributed by atoms with Crippen molar-refractivity contribution in [2.75, 3.05) is 6.79 Å². The van der Waals surface area contributed by atoms with E-state index in [2.05, 4.69) is 4.98 Å². The first-order valence-electron chi connectivity index (χ1n) is 7.67. The molecule has 2 aromatic carbocycles. The number of primary amides is 1. The number of halogens is 1. The third-order valence-corrected chi connectivity index (χ3v) is 4.93. The van der Waals surface area contributed by atoms with Gasteiger partial charge in [0.1, 0.15) is 17.4 Å². The predicted octanol–water partition coefficient (Wildman–Crippen LogP) is 3.87. The van der Waals surface area contributed by atoms with Crippen LogP contribution in [0.1, 0.15) is 16.1 Å². The van der Waals surface area contributed by atoms with Crippen LogP contribution in [-0.2, 0) is 6.61 Å². The number of aromatic nitrogens is 1. The molecule has 0 bridgehead atoms. The first-order chi connectivity index (χ1) is 12.6. The molecule has 8 heteroatoms. The van der Waals surface area contributed by atoms with Crippen molar-refractivity contribution in [1.29, 1.82) is 0 Å². The molecule has 3 aromatic rings. The van der Waals surface area contributed by atoms with Crippen LogP contribution in [0.5, 0.6) is 17.2 Å². The first kappa shape index (κ1) is 16.7. The molecule has 1 aliphatic rings. The van der Waals surface area contributed by atoms with Crippen molar-refractivity contribution in [2.24, 2.45) is 5.73 Å². The highest BCUT2D eigenvalue weighted by atomic mass is 35.5. The van der Waals surface area contributed by atoms with E-state index >= 15 is 0 Å². The van der Waals surface area contributed by atoms with Gasteiger partial charge < -0.3 is 19.9 Å². The molecule has 1 amide bonds. The van der Waals surface area contributed by atoms with Crippen molar-refractivity contribution in [1.82, 2.24) is 4.98 Å². The van der Waals surface area contributed by atoms with Crippen LogP contribution >= 0.6 is 22.9 Å². The van der Waals surface area contributed by atoms with Gasteiger partial charge in [0, 0.05) is 16.0 Å². The Hall–Kier alpha value is -2.77. The molecule has 0 atom stereocenters. The van der Waals surface area contributed by atoms with Gasteiger partial charge in [-0.25, -0.2) is 4.98 Å². The summed E-state index contributed by atoms with van der Waals surface area (Å²) in [5, 5.41) is 3.16. The Labute approximate surface area is 158 Å². The van der Waals surface area contributed by atoms with Crippen molar-refractivity contribution >= 4 is 28.8 Å².